The van der Waals surface area contributed by atoms with Crippen molar-refractivity contribution in [2.24, 2.45) is 0 Å². The summed E-state index contributed by atoms with van der Waals surface area (Å²) >= 11 is 0. The molecule has 1 aliphatic heterocycles. The maximum absolute atomic E-state index is 14.0. The summed E-state index contributed by atoms with van der Waals surface area (Å²) < 4.78 is 19.7. The van der Waals surface area contributed by atoms with Gasteiger partial charge in [0.05, 0.1) is 0 Å². The highest BCUT2D eigenvalue weighted by molar-refractivity contribution is 5.78. The van der Waals surface area contributed by atoms with Crippen LogP contribution in [0.25, 0.3) is 0 Å². The number of benzene rings is 1. The van der Waals surface area contributed by atoms with Crippen molar-refractivity contribution in [1.29, 1.82) is 0 Å². The molecule has 1 saturated heterocycles. The number of nitrogens with two attached hydrogens (primary N) is 1. The first-order valence-electron chi connectivity index (χ1n) is 8.50. The summed E-state index contributed by atoms with van der Waals surface area (Å²) in [6.07, 6.45) is 2.15. The summed E-state index contributed by atoms with van der Waals surface area (Å²) in [6.45, 7) is 3.41. The van der Waals surface area contributed by atoms with Crippen LogP contribution in [0.5, 0.6) is 5.75 Å². The van der Waals surface area contributed by atoms with Crippen LogP contribution >= 0.6 is 0 Å². The molecule has 1 aliphatic rings. The van der Waals surface area contributed by atoms with Gasteiger partial charge in [-0.15, -0.1) is 0 Å². The number of hydrogen-bond donors (Lipinski definition) is 2. The van der Waals surface area contributed by atoms with E-state index in [2.05, 4.69) is 9.88 Å². The number of carboxylic acid groups (broad SMARTS) is 1. The van der Waals surface area contributed by atoms with Crippen LogP contribution in [0.15, 0.2) is 36.5 Å². The van der Waals surface area contributed by atoms with E-state index in [1.807, 2.05) is 12.1 Å². The Kier molecular flexibility index (Phi) is 5.08. The number of pyridine rings is 1. The Morgan fingerprint density at radius 3 is 2.77 bits per heavy atom. The molecular formula is C19H22FN3O3. The zero-order valence-corrected chi connectivity index (χ0v) is 14.6. The highest BCUT2D eigenvalue weighted by Crippen LogP contribution is 2.32. The van der Waals surface area contributed by atoms with E-state index in [9.17, 15) is 14.3 Å². The number of nitrogen functional groups attached to an aromatic ring is 1. The number of hydrogen-bond acceptors (Lipinski definition) is 5. The summed E-state index contributed by atoms with van der Waals surface area (Å²) in [6, 6.07) is 8.17. The molecule has 0 saturated carbocycles. The normalized spacial score (nSPS) is 17.0. The Morgan fingerprint density at radius 2 is 2.12 bits per heavy atom. The fraction of sp³-hybridized carbons (Fsp3) is 0.368. The summed E-state index contributed by atoms with van der Waals surface area (Å²) in [5, 5.41) is 9.73. The smallest absolute Gasteiger partial charge is 0.348 e. The second-order valence-corrected chi connectivity index (χ2v) is 6.66. The van der Waals surface area contributed by atoms with Crippen LogP contribution < -0.4 is 10.5 Å². The summed E-state index contributed by atoms with van der Waals surface area (Å²) in [4.78, 5) is 18.1. The van der Waals surface area contributed by atoms with E-state index in [4.69, 9.17) is 10.5 Å². The number of carboxylic acids is 1. The second-order valence-electron chi connectivity index (χ2n) is 6.66. The van der Waals surface area contributed by atoms with Gasteiger partial charge in [0.2, 0.25) is 5.60 Å². The number of carbonyl (C=O) groups is 1. The lowest BCUT2D eigenvalue weighted by molar-refractivity contribution is -0.160. The van der Waals surface area contributed by atoms with Crippen LogP contribution in [-0.2, 0) is 11.3 Å². The number of halogens is 1. The van der Waals surface area contributed by atoms with Crippen LogP contribution in [-0.4, -0.2) is 39.7 Å². The number of aliphatic carboxylic acids is 1. The van der Waals surface area contributed by atoms with Crippen molar-refractivity contribution in [3.05, 3.63) is 53.5 Å². The Labute approximate surface area is 151 Å². The van der Waals surface area contributed by atoms with Gasteiger partial charge in [0, 0.05) is 44.2 Å². The number of aromatic nitrogens is 1. The quantitative estimate of drug-likeness (QED) is 0.853. The van der Waals surface area contributed by atoms with Gasteiger partial charge in [-0.1, -0.05) is 12.1 Å². The number of ether oxygens (including phenoxy) is 1. The minimum atomic E-state index is -1.42. The molecule has 6 nitrogen and oxygen atoms in total. The van der Waals surface area contributed by atoms with Crippen LogP contribution in [0, 0.1) is 12.7 Å². The molecule has 0 spiro atoms. The van der Waals surface area contributed by atoms with Crippen molar-refractivity contribution >= 4 is 11.8 Å². The molecule has 3 N–H and O–H groups in total. The van der Waals surface area contributed by atoms with Gasteiger partial charge in [-0.25, -0.2) is 14.2 Å². The van der Waals surface area contributed by atoms with Gasteiger partial charge < -0.3 is 15.6 Å². The molecule has 7 heteroatoms. The molecule has 0 atom stereocenters. The molecule has 0 radical (unpaired) electrons. The average Bonchev–Trinajstić information content (AvgIpc) is 2.61. The molecular weight excluding hydrogens is 337 g/mol. The highest BCUT2D eigenvalue weighted by atomic mass is 19.1. The highest BCUT2D eigenvalue weighted by Gasteiger charge is 2.44. The molecule has 26 heavy (non-hydrogen) atoms. The molecule has 1 fully saturated rings. The fourth-order valence-corrected chi connectivity index (χ4v) is 3.16. The molecule has 138 valence electrons. The fourth-order valence-electron chi connectivity index (χ4n) is 3.16. The summed E-state index contributed by atoms with van der Waals surface area (Å²) in [7, 11) is 0. The van der Waals surface area contributed by atoms with E-state index < -0.39 is 17.4 Å². The minimum absolute atomic E-state index is 0.0163. The van der Waals surface area contributed by atoms with Crippen molar-refractivity contribution in [3.8, 4) is 5.75 Å². The zero-order valence-electron chi connectivity index (χ0n) is 14.6. The Hall–Kier alpha value is -2.67. The summed E-state index contributed by atoms with van der Waals surface area (Å²) in [5.41, 5.74) is 6.16. The second kappa shape index (κ2) is 7.29. The van der Waals surface area contributed by atoms with E-state index in [0.717, 1.165) is 11.1 Å². The SMILES string of the molecule is Cc1ccc(F)c(OC2(C(=O)O)CCN(Cc3cccnc3N)CC2)c1. The van der Waals surface area contributed by atoms with Crippen LogP contribution in [0.1, 0.15) is 24.0 Å². The molecule has 0 bridgehead atoms. The van der Waals surface area contributed by atoms with Crippen molar-refractivity contribution in [1.82, 2.24) is 9.88 Å². The van der Waals surface area contributed by atoms with Gasteiger partial charge >= 0.3 is 5.97 Å². The van der Waals surface area contributed by atoms with Crippen molar-refractivity contribution < 1.29 is 19.0 Å². The predicted octanol–water partition coefficient (Wildman–Crippen LogP) is 2.61. The third kappa shape index (κ3) is 3.77. The molecule has 0 amide bonds. The maximum Gasteiger partial charge on any atom is 0.348 e. The minimum Gasteiger partial charge on any atom is -0.478 e. The largest absolute Gasteiger partial charge is 0.478 e. The number of piperidine rings is 1. The number of nitrogens with zero attached hydrogens (tertiary/aromatic N) is 2. The molecule has 2 heterocycles. The Balaban J connectivity index is 1.72. The van der Waals surface area contributed by atoms with Gasteiger partial charge in [0.1, 0.15) is 5.82 Å². The van der Waals surface area contributed by atoms with Gasteiger partial charge in [0.15, 0.2) is 11.6 Å². The Morgan fingerprint density at radius 1 is 1.38 bits per heavy atom. The van der Waals surface area contributed by atoms with Gasteiger partial charge in [-0.05, 0) is 30.7 Å². The lowest BCUT2D eigenvalue weighted by Gasteiger charge is -2.39. The zero-order chi connectivity index (χ0) is 18.7. The topological polar surface area (TPSA) is 88.7 Å². The molecule has 1 aromatic heterocycles. The van der Waals surface area contributed by atoms with Gasteiger partial charge in [-0.2, -0.15) is 0 Å². The van der Waals surface area contributed by atoms with Crippen molar-refractivity contribution in [2.45, 2.75) is 31.9 Å². The number of likely N-dealkylation sites (tertiary alicyclic amines) is 1. The van der Waals surface area contributed by atoms with Gasteiger partial charge in [-0.3, -0.25) is 4.90 Å². The predicted molar refractivity (Wildman–Crippen MR) is 95.3 cm³/mol. The average molecular weight is 359 g/mol. The molecule has 3 rings (SSSR count). The van der Waals surface area contributed by atoms with Crippen molar-refractivity contribution in [3.63, 3.8) is 0 Å². The number of aryl methyl sites for hydroxylation is 1. The lowest BCUT2D eigenvalue weighted by Crippen LogP contribution is -2.53. The van der Waals surface area contributed by atoms with E-state index in [1.165, 1.54) is 12.1 Å². The third-order valence-corrected chi connectivity index (χ3v) is 4.77. The number of anilines is 1. The van der Waals surface area contributed by atoms with E-state index >= 15 is 0 Å². The third-order valence-electron chi connectivity index (χ3n) is 4.77. The first-order chi connectivity index (χ1) is 12.4. The van der Waals surface area contributed by atoms with Gasteiger partial charge in [0.25, 0.3) is 0 Å². The molecule has 2 aromatic rings. The van der Waals surface area contributed by atoms with Crippen molar-refractivity contribution in [2.75, 3.05) is 18.8 Å². The molecule has 0 unspecified atom stereocenters. The van der Waals surface area contributed by atoms with Crippen LogP contribution in [0.2, 0.25) is 0 Å². The standard InChI is InChI=1S/C19H22FN3O3/c1-13-4-5-15(20)16(11-13)26-19(18(24)25)6-9-23(10-7-19)12-14-3-2-8-22-17(14)21/h2-5,8,11H,6-7,9-10,12H2,1H3,(H2,21,22)(H,24,25). The van der Waals surface area contributed by atoms with E-state index in [-0.39, 0.29) is 18.6 Å². The van der Waals surface area contributed by atoms with Crippen LogP contribution in [0.4, 0.5) is 10.2 Å². The van der Waals surface area contributed by atoms with Crippen LogP contribution in [0.3, 0.4) is 0 Å². The first kappa shape index (κ1) is 18.1. The molecule has 1 aromatic carbocycles. The first-order valence-corrected chi connectivity index (χ1v) is 8.50. The number of rotatable bonds is 5. The lowest BCUT2D eigenvalue weighted by atomic mass is 9.90. The Bertz CT molecular complexity index is 804. The summed E-state index contributed by atoms with van der Waals surface area (Å²) in [5.74, 6) is -1.17. The maximum atomic E-state index is 14.0. The monoisotopic (exact) mass is 359 g/mol. The van der Waals surface area contributed by atoms with E-state index in [1.54, 1.807) is 19.2 Å². The molecule has 0 aliphatic carbocycles. The van der Waals surface area contributed by atoms with E-state index in [0.29, 0.717) is 25.5 Å².